The first-order valence-corrected chi connectivity index (χ1v) is 13.4. The zero-order valence-corrected chi connectivity index (χ0v) is 23.2. The summed E-state index contributed by atoms with van der Waals surface area (Å²) in [6.07, 6.45) is 1.10. The predicted octanol–water partition coefficient (Wildman–Crippen LogP) is 6.60. The molecule has 1 aliphatic rings. The zero-order valence-electron chi connectivity index (χ0n) is 22.5. The Kier molecular flexibility index (Phi) is 9.43. The number of hydrogen-bond acceptors (Lipinski definition) is 5. The Morgan fingerprint density at radius 1 is 1.24 bits per heavy atom. The van der Waals surface area contributed by atoms with E-state index in [9.17, 15) is 28.3 Å². The largest absolute Gasteiger partial charge is 0.465 e. The zero-order chi connectivity index (χ0) is 29.7. The van der Waals surface area contributed by atoms with Crippen LogP contribution in [-0.4, -0.2) is 51.7 Å². The Morgan fingerprint density at radius 3 is 2.76 bits per heavy atom. The number of imidazole rings is 1. The van der Waals surface area contributed by atoms with Gasteiger partial charge in [0, 0.05) is 29.3 Å². The molecule has 3 amide bonds. The Hall–Kier alpha value is -4.19. The van der Waals surface area contributed by atoms with E-state index in [1.165, 1.54) is 12.0 Å². The lowest BCUT2D eigenvalue weighted by Crippen LogP contribution is -2.35. The van der Waals surface area contributed by atoms with Crippen molar-refractivity contribution in [3.63, 3.8) is 0 Å². The van der Waals surface area contributed by atoms with Crippen LogP contribution in [0.1, 0.15) is 50.0 Å². The molecule has 41 heavy (non-hydrogen) atoms. The molecule has 13 heteroatoms. The molecule has 0 spiro atoms. The first kappa shape index (κ1) is 29.8. The van der Waals surface area contributed by atoms with Crippen molar-refractivity contribution in [2.45, 2.75) is 45.1 Å². The highest BCUT2D eigenvalue weighted by Gasteiger charge is 2.29. The van der Waals surface area contributed by atoms with Crippen LogP contribution in [0.25, 0.3) is 11.3 Å². The third-order valence-corrected chi connectivity index (χ3v) is 7.35. The number of methoxy groups -OCH3 is 1. The second-order valence-corrected chi connectivity index (χ2v) is 10.2. The number of halogens is 3. The average molecular weight is 590 g/mol. The van der Waals surface area contributed by atoms with Gasteiger partial charge in [-0.05, 0) is 56.0 Å². The molecule has 218 valence electrons. The Balaban J connectivity index is 1.64. The first-order chi connectivity index (χ1) is 19.6. The van der Waals surface area contributed by atoms with E-state index in [-0.39, 0.29) is 35.9 Å². The van der Waals surface area contributed by atoms with E-state index in [1.807, 2.05) is 0 Å². The summed E-state index contributed by atoms with van der Waals surface area (Å²) >= 11 is 5.80. The molecule has 0 fully saturated rings. The van der Waals surface area contributed by atoms with E-state index in [2.05, 4.69) is 25.3 Å². The highest BCUT2D eigenvalue weighted by molar-refractivity contribution is 6.30. The third kappa shape index (κ3) is 6.94. The number of carbonyl (C=O) groups is 3. The summed E-state index contributed by atoms with van der Waals surface area (Å²) in [5.74, 6) is -1.84. The topological polar surface area (TPSA) is 137 Å². The van der Waals surface area contributed by atoms with Crippen LogP contribution in [0.4, 0.5) is 29.7 Å². The second-order valence-electron chi connectivity index (χ2n) is 9.80. The van der Waals surface area contributed by atoms with E-state index in [1.54, 1.807) is 31.3 Å². The fourth-order valence-electron chi connectivity index (χ4n) is 4.83. The number of carboxylic acid groups (broad SMARTS) is 1. The minimum absolute atomic E-state index is 0.0173. The third-order valence-electron chi connectivity index (χ3n) is 7.06. The molecule has 3 aromatic rings. The quantitative estimate of drug-likeness (QED) is 0.239. The standard InChI is InChI=1S/C28H30ClF2N5O5/c1-15-5-3-7-23(36(28(39)40)12-4-6-17-20(30)11-10-19(29)24(17)31)25-32-14-22(34-25)18-9-8-16(33-27(38)41-2)13-21(18)35-26(15)37/h8-11,13-15,23H,3-7,12H2,1-2H3,(H,32,34)(H,33,38)(H,35,37)(H,39,40). The number of nitrogens with zero attached hydrogens (tertiary/aromatic N) is 2. The number of nitrogens with one attached hydrogen (secondary N) is 3. The Morgan fingerprint density at radius 2 is 2.02 bits per heavy atom. The molecule has 2 aromatic carbocycles. The van der Waals surface area contributed by atoms with Gasteiger partial charge in [0.05, 0.1) is 35.8 Å². The van der Waals surface area contributed by atoms with E-state index in [0.717, 1.165) is 12.1 Å². The number of aromatic amines is 1. The summed E-state index contributed by atoms with van der Waals surface area (Å²) < 4.78 is 33.2. The second kappa shape index (κ2) is 13.0. The van der Waals surface area contributed by atoms with Crippen LogP contribution in [0.5, 0.6) is 0 Å². The maximum atomic E-state index is 14.4. The highest BCUT2D eigenvalue weighted by atomic mass is 35.5. The summed E-state index contributed by atoms with van der Waals surface area (Å²) in [5, 5.41) is 15.4. The molecule has 2 heterocycles. The van der Waals surface area contributed by atoms with Crippen LogP contribution < -0.4 is 10.6 Å². The number of carbonyl (C=O) groups excluding carboxylic acids is 2. The molecule has 0 saturated carbocycles. The highest BCUT2D eigenvalue weighted by Crippen LogP contribution is 2.34. The Labute approximate surface area is 240 Å². The number of rotatable bonds is 6. The lowest BCUT2D eigenvalue weighted by atomic mass is 9.98. The summed E-state index contributed by atoms with van der Waals surface area (Å²) in [6, 6.07) is 6.43. The molecular formula is C28H30ClF2N5O5. The fraction of sp³-hybridized carbons (Fsp3) is 0.357. The normalized spacial score (nSPS) is 17.0. The van der Waals surface area contributed by atoms with Gasteiger partial charge < -0.3 is 20.1 Å². The van der Waals surface area contributed by atoms with Crippen molar-refractivity contribution >= 4 is 41.1 Å². The van der Waals surface area contributed by atoms with Crippen LogP contribution in [0.3, 0.4) is 0 Å². The minimum atomic E-state index is -1.21. The van der Waals surface area contributed by atoms with E-state index < -0.39 is 35.8 Å². The number of benzene rings is 2. The number of H-pyrrole nitrogens is 1. The van der Waals surface area contributed by atoms with Crippen molar-refractivity contribution in [3.8, 4) is 11.3 Å². The fourth-order valence-corrected chi connectivity index (χ4v) is 5.00. The molecular weight excluding hydrogens is 560 g/mol. The maximum absolute atomic E-state index is 14.4. The predicted molar refractivity (Wildman–Crippen MR) is 149 cm³/mol. The number of anilines is 2. The van der Waals surface area contributed by atoms with Gasteiger partial charge in [-0.25, -0.2) is 23.4 Å². The SMILES string of the molecule is COC(=O)Nc1ccc2c(c1)NC(=O)C(C)CCCC(N(CCCc1c(F)ccc(Cl)c1F)C(=O)O)c1ncc-2[nH]1. The van der Waals surface area contributed by atoms with Crippen LogP contribution in [0.15, 0.2) is 36.5 Å². The van der Waals surface area contributed by atoms with Crippen LogP contribution >= 0.6 is 11.6 Å². The van der Waals surface area contributed by atoms with Crippen molar-refractivity contribution in [1.82, 2.24) is 14.9 Å². The van der Waals surface area contributed by atoms with Crippen molar-refractivity contribution in [3.05, 3.63) is 64.6 Å². The van der Waals surface area contributed by atoms with Crippen LogP contribution in [-0.2, 0) is 16.0 Å². The molecule has 0 radical (unpaired) electrons. The summed E-state index contributed by atoms with van der Waals surface area (Å²) in [6.45, 7) is 1.76. The summed E-state index contributed by atoms with van der Waals surface area (Å²) in [7, 11) is 1.24. The van der Waals surface area contributed by atoms with Crippen molar-refractivity contribution in [1.29, 1.82) is 0 Å². The van der Waals surface area contributed by atoms with Crippen molar-refractivity contribution < 1.29 is 33.0 Å². The lowest BCUT2D eigenvalue weighted by Gasteiger charge is -2.29. The van der Waals surface area contributed by atoms with Gasteiger partial charge in [0.15, 0.2) is 0 Å². The molecule has 4 N–H and O–H groups in total. The molecule has 2 bridgehead atoms. The molecule has 1 aromatic heterocycles. The lowest BCUT2D eigenvalue weighted by molar-refractivity contribution is -0.119. The van der Waals surface area contributed by atoms with Gasteiger partial charge in [-0.1, -0.05) is 24.9 Å². The van der Waals surface area contributed by atoms with Crippen molar-refractivity contribution in [2.24, 2.45) is 5.92 Å². The van der Waals surface area contributed by atoms with Crippen LogP contribution in [0, 0.1) is 17.6 Å². The summed E-state index contributed by atoms with van der Waals surface area (Å²) in [4.78, 5) is 46.0. The van der Waals surface area contributed by atoms with Gasteiger partial charge in [0.1, 0.15) is 17.5 Å². The molecule has 0 aliphatic carbocycles. The Bertz CT molecular complexity index is 1450. The molecule has 10 nitrogen and oxygen atoms in total. The number of fused-ring (bicyclic) bond motifs is 4. The smallest absolute Gasteiger partial charge is 0.411 e. The summed E-state index contributed by atoms with van der Waals surface area (Å²) in [5.41, 5.74) is 1.72. The van der Waals surface area contributed by atoms with E-state index >= 15 is 0 Å². The minimum Gasteiger partial charge on any atom is -0.465 e. The number of amides is 3. The molecule has 0 saturated heterocycles. The first-order valence-electron chi connectivity index (χ1n) is 13.1. The van der Waals surface area contributed by atoms with Crippen LogP contribution in [0.2, 0.25) is 5.02 Å². The number of ether oxygens (including phenoxy) is 1. The molecule has 2 unspecified atom stereocenters. The van der Waals surface area contributed by atoms with Gasteiger partial charge in [0.25, 0.3) is 0 Å². The van der Waals surface area contributed by atoms with Crippen molar-refractivity contribution in [2.75, 3.05) is 24.3 Å². The van der Waals surface area contributed by atoms with Gasteiger partial charge >= 0.3 is 12.2 Å². The monoisotopic (exact) mass is 589 g/mol. The maximum Gasteiger partial charge on any atom is 0.411 e. The molecule has 1 aliphatic heterocycles. The van der Waals surface area contributed by atoms with E-state index in [4.69, 9.17) is 11.6 Å². The average Bonchev–Trinajstić information content (AvgIpc) is 3.42. The van der Waals surface area contributed by atoms with Gasteiger partial charge in [-0.2, -0.15) is 0 Å². The number of hydrogen-bond donors (Lipinski definition) is 4. The molecule has 4 rings (SSSR count). The van der Waals surface area contributed by atoms with E-state index in [0.29, 0.717) is 47.7 Å². The number of aromatic nitrogens is 2. The van der Waals surface area contributed by atoms with Gasteiger partial charge in [-0.15, -0.1) is 0 Å². The van der Waals surface area contributed by atoms with Gasteiger partial charge in [-0.3, -0.25) is 15.0 Å². The van der Waals surface area contributed by atoms with Gasteiger partial charge in [0.2, 0.25) is 5.91 Å². The molecule has 2 atom stereocenters.